The van der Waals surface area contributed by atoms with Gasteiger partial charge in [-0.15, -0.1) is 0 Å². The normalized spacial score (nSPS) is 10.8. The summed E-state index contributed by atoms with van der Waals surface area (Å²) in [7, 11) is 1.94. The monoisotopic (exact) mass is 258 g/mol. The number of aromatic amines is 1. The largest absolute Gasteiger partial charge is 0.326 e. The van der Waals surface area contributed by atoms with Gasteiger partial charge in [-0.05, 0) is 30.3 Å². The number of hydrogen-bond acceptors (Lipinski definition) is 3. The molecule has 0 atom stereocenters. The zero-order valence-electron chi connectivity index (χ0n) is 9.76. The number of nitrogens with zero attached hydrogens (tertiary/aromatic N) is 3. The van der Waals surface area contributed by atoms with Crippen molar-refractivity contribution in [3.8, 4) is 0 Å². The minimum Gasteiger partial charge on any atom is -0.326 e. The minimum absolute atomic E-state index is 0.701. The second-order valence-corrected chi connectivity index (χ2v) is 4.42. The molecule has 2 aromatic heterocycles. The number of rotatable bonds is 2. The van der Waals surface area contributed by atoms with Crippen LogP contribution in [0.3, 0.4) is 0 Å². The first kappa shape index (κ1) is 11.0. The molecule has 1 aromatic carbocycles. The fraction of sp³-hybridized carbons (Fsp3) is 0.0769. The van der Waals surface area contributed by atoms with Gasteiger partial charge in [-0.3, -0.25) is 10.1 Å². The lowest BCUT2D eigenvalue weighted by Crippen LogP contribution is -2.10. The molecule has 0 spiro atoms. The Bertz CT molecular complexity index is 692. The molecular formula is C13H11ClN4. The summed E-state index contributed by atoms with van der Waals surface area (Å²) in [6.45, 7) is 0. The first-order valence-corrected chi connectivity index (χ1v) is 5.92. The average molecular weight is 259 g/mol. The minimum atomic E-state index is 0.701. The van der Waals surface area contributed by atoms with Gasteiger partial charge in [-0.1, -0.05) is 17.7 Å². The highest BCUT2D eigenvalue weighted by molar-refractivity contribution is 6.30. The van der Waals surface area contributed by atoms with Crippen LogP contribution in [0.5, 0.6) is 0 Å². The number of benzene rings is 1. The molecule has 0 amide bonds. The number of pyridine rings is 1. The van der Waals surface area contributed by atoms with Crippen molar-refractivity contribution in [3.05, 3.63) is 47.6 Å². The van der Waals surface area contributed by atoms with Crippen LogP contribution in [0.1, 0.15) is 0 Å². The number of halogens is 1. The van der Waals surface area contributed by atoms with Crippen LogP contribution in [0.25, 0.3) is 11.0 Å². The SMILES string of the molecule is CN(c1cccc(Cl)c1)c1n[nH]c2cccnc12. The van der Waals surface area contributed by atoms with Crippen LogP contribution < -0.4 is 4.90 Å². The Morgan fingerprint density at radius 1 is 1.22 bits per heavy atom. The molecule has 0 aliphatic rings. The van der Waals surface area contributed by atoms with Crippen molar-refractivity contribution >= 4 is 34.1 Å². The third kappa shape index (κ3) is 1.80. The van der Waals surface area contributed by atoms with Gasteiger partial charge in [0.1, 0.15) is 5.52 Å². The van der Waals surface area contributed by atoms with Gasteiger partial charge in [0, 0.05) is 24.0 Å². The van der Waals surface area contributed by atoms with E-state index in [-0.39, 0.29) is 0 Å². The molecule has 18 heavy (non-hydrogen) atoms. The molecule has 90 valence electrons. The molecule has 3 aromatic rings. The van der Waals surface area contributed by atoms with Crippen molar-refractivity contribution in [3.63, 3.8) is 0 Å². The highest BCUT2D eigenvalue weighted by Gasteiger charge is 2.12. The summed E-state index contributed by atoms with van der Waals surface area (Å²) in [4.78, 5) is 6.30. The van der Waals surface area contributed by atoms with Gasteiger partial charge in [0.2, 0.25) is 0 Å². The van der Waals surface area contributed by atoms with Crippen LogP contribution in [-0.2, 0) is 0 Å². The van der Waals surface area contributed by atoms with Gasteiger partial charge in [-0.2, -0.15) is 5.10 Å². The standard InChI is InChI=1S/C13H11ClN4/c1-18(10-5-2-4-9(14)8-10)13-12-11(16-17-13)6-3-7-15-12/h2-8H,1H3,(H,16,17). The fourth-order valence-corrected chi connectivity index (χ4v) is 2.07. The number of hydrogen-bond donors (Lipinski definition) is 1. The van der Waals surface area contributed by atoms with Gasteiger partial charge in [0.05, 0.1) is 5.52 Å². The van der Waals surface area contributed by atoms with Crippen molar-refractivity contribution < 1.29 is 0 Å². The summed E-state index contributed by atoms with van der Waals surface area (Å²) in [6.07, 6.45) is 1.76. The molecule has 0 saturated carbocycles. The summed E-state index contributed by atoms with van der Waals surface area (Å²) >= 11 is 6.00. The predicted molar refractivity (Wildman–Crippen MR) is 73.4 cm³/mol. The molecule has 1 N–H and O–H groups in total. The zero-order valence-corrected chi connectivity index (χ0v) is 10.5. The molecule has 0 radical (unpaired) electrons. The van der Waals surface area contributed by atoms with Crippen LogP contribution in [0.4, 0.5) is 11.5 Å². The van der Waals surface area contributed by atoms with E-state index in [1.807, 2.05) is 48.3 Å². The van der Waals surface area contributed by atoms with Crippen molar-refractivity contribution in [2.45, 2.75) is 0 Å². The van der Waals surface area contributed by atoms with Crippen LogP contribution in [0.2, 0.25) is 5.02 Å². The van der Waals surface area contributed by atoms with E-state index in [2.05, 4.69) is 15.2 Å². The maximum absolute atomic E-state index is 6.00. The lowest BCUT2D eigenvalue weighted by molar-refractivity contribution is 1.06. The summed E-state index contributed by atoms with van der Waals surface area (Å²) in [5, 5.41) is 7.96. The second-order valence-electron chi connectivity index (χ2n) is 3.99. The topological polar surface area (TPSA) is 44.8 Å². The molecule has 0 aliphatic carbocycles. The van der Waals surface area contributed by atoms with E-state index in [1.54, 1.807) is 6.20 Å². The lowest BCUT2D eigenvalue weighted by atomic mass is 10.3. The summed E-state index contributed by atoms with van der Waals surface area (Å²) in [6, 6.07) is 11.5. The first-order chi connectivity index (χ1) is 8.75. The van der Waals surface area contributed by atoms with E-state index in [0.29, 0.717) is 5.02 Å². The average Bonchev–Trinajstić information content (AvgIpc) is 2.82. The van der Waals surface area contributed by atoms with Crippen molar-refractivity contribution in [2.75, 3.05) is 11.9 Å². The van der Waals surface area contributed by atoms with Crippen molar-refractivity contribution in [1.82, 2.24) is 15.2 Å². The van der Waals surface area contributed by atoms with Crippen LogP contribution in [-0.4, -0.2) is 22.2 Å². The van der Waals surface area contributed by atoms with Gasteiger partial charge in [0.15, 0.2) is 5.82 Å². The number of fused-ring (bicyclic) bond motifs is 1. The van der Waals surface area contributed by atoms with Gasteiger partial charge >= 0.3 is 0 Å². The van der Waals surface area contributed by atoms with Crippen LogP contribution in [0, 0.1) is 0 Å². The fourth-order valence-electron chi connectivity index (χ4n) is 1.88. The maximum Gasteiger partial charge on any atom is 0.181 e. The molecule has 0 fully saturated rings. The van der Waals surface area contributed by atoms with E-state index in [0.717, 1.165) is 22.5 Å². The molecule has 2 heterocycles. The summed E-state index contributed by atoms with van der Waals surface area (Å²) in [5.74, 6) is 0.785. The maximum atomic E-state index is 6.00. The third-order valence-corrected chi connectivity index (χ3v) is 3.05. The molecule has 5 heteroatoms. The Hall–Kier alpha value is -2.07. The third-order valence-electron chi connectivity index (χ3n) is 2.81. The smallest absolute Gasteiger partial charge is 0.181 e. The quantitative estimate of drug-likeness (QED) is 0.766. The van der Waals surface area contributed by atoms with Crippen LogP contribution in [0.15, 0.2) is 42.6 Å². The van der Waals surface area contributed by atoms with E-state index >= 15 is 0 Å². The van der Waals surface area contributed by atoms with Crippen LogP contribution >= 0.6 is 11.6 Å². The zero-order chi connectivity index (χ0) is 12.5. The molecule has 0 saturated heterocycles. The van der Waals surface area contributed by atoms with E-state index in [1.165, 1.54) is 0 Å². The lowest BCUT2D eigenvalue weighted by Gasteiger charge is -2.16. The van der Waals surface area contributed by atoms with Gasteiger partial charge in [0.25, 0.3) is 0 Å². The predicted octanol–water partition coefficient (Wildman–Crippen LogP) is 3.38. The van der Waals surface area contributed by atoms with Crippen molar-refractivity contribution in [2.24, 2.45) is 0 Å². The number of anilines is 2. The van der Waals surface area contributed by atoms with E-state index in [4.69, 9.17) is 11.6 Å². The Balaban J connectivity index is 2.09. The number of H-pyrrole nitrogens is 1. The highest BCUT2D eigenvalue weighted by Crippen LogP contribution is 2.28. The second kappa shape index (κ2) is 4.31. The molecule has 3 rings (SSSR count). The Kier molecular flexibility index (Phi) is 2.64. The Morgan fingerprint density at radius 2 is 2.11 bits per heavy atom. The number of nitrogens with one attached hydrogen (secondary N) is 1. The summed E-state index contributed by atoms with van der Waals surface area (Å²) in [5.41, 5.74) is 2.74. The molecule has 0 aliphatic heterocycles. The van der Waals surface area contributed by atoms with E-state index < -0.39 is 0 Å². The molecular weight excluding hydrogens is 248 g/mol. The summed E-state index contributed by atoms with van der Waals surface area (Å²) < 4.78 is 0. The van der Waals surface area contributed by atoms with Gasteiger partial charge in [-0.25, -0.2) is 0 Å². The first-order valence-electron chi connectivity index (χ1n) is 5.54. The molecule has 0 unspecified atom stereocenters. The Labute approximate surface area is 109 Å². The van der Waals surface area contributed by atoms with E-state index in [9.17, 15) is 0 Å². The number of aromatic nitrogens is 3. The Morgan fingerprint density at radius 3 is 2.94 bits per heavy atom. The van der Waals surface area contributed by atoms with Crippen molar-refractivity contribution in [1.29, 1.82) is 0 Å². The molecule has 0 bridgehead atoms. The molecule has 4 nitrogen and oxygen atoms in total. The highest BCUT2D eigenvalue weighted by atomic mass is 35.5. The van der Waals surface area contributed by atoms with Gasteiger partial charge < -0.3 is 4.90 Å².